The number of benzene rings is 2. The zero-order chi connectivity index (χ0) is 27.3. The van der Waals surface area contributed by atoms with E-state index < -0.39 is 37.1 Å². The molecule has 200 valence electrons. The lowest BCUT2D eigenvalue weighted by atomic mass is 9.97. The lowest BCUT2D eigenvalue weighted by Gasteiger charge is -2.52. The average molecular weight is 590 g/mol. The molecule has 2 aliphatic heterocycles. The third kappa shape index (κ3) is 5.36. The molecular weight excluding hydrogens is 563 g/mol. The number of rotatable bonds is 6. The van der Waals surface area contributed by atoms with Gasteiger partial charge in [-0.1, -0.05) is 35.3 Å². The molecule has 0 bridgehead atoms. The number of carbonyl (C=O) groups is 2. The number of nitrogens with two attached hydrogens (primary N) is 1. The standard InChI is InChI=1S/C23H26Cl2N4O6S2/c1-14(2)27-13-21-28(37(34,35)17-7-8-18(25)20(12-17)36(26,32)33)10-9-22(30)29(21)19(23(27)31)11-15-3-5-16(24)6-4-15/h3-8,12,14,19,21H,9-11,13H2,1-2H3,(H2,26,32,33). The summed E-state index contributed by atoms with van der Waals surface area (Å²) in [6, 6.07) is 8.93. The van der Waals surface area contributed by atoms with Gasteiger partial charge < -0.3 is 9.80 Å². The first-order valence-electron chi connectivity index (χ1n) is 11.4. The molecule has 2 atom stereocenters. The van der Waals surface area contributed by atoms with Crippen LogP contribution in [-0.2, 0) is 36.1 Å². The quantitative estimate of drug-likeness (QED) is 0.548. The van der Waals surface area contributed by atoms with E-state index >= 15 is 0 Å². The molecule has 2 fully saturated rings. The van der Waals surface area contributed by atoms with Gasteiger partial charge in [-0.3, -0.25) is 9.59 Å². The number of halogens is 2. The van der Waals surface area contributed by atoms with Crippen LogP contribution >= 0.6 is 23.2 Å². The second-order valence-electron chi connectivity index (χ2n) is 9.22. The molecule has 2 saturated heterocycles. The molecule has 0 aromatic heterocycles. The summed E-state index contributed by atoms with van der Waals surface area (Å²) in [5.41, 5.74) is 0.760. The molecule has 2 aliphatic rings. The number of primary sulfonamides is 1. The monoisotopic (exact) mass is 588 g/mol. The van der Waals surface area contributed by atoms with Crippen molar-refractivity contribution < 1.29 is 26.4 Å². The second kappa shape index (κ2) is 10.2. The van der Waals surface area contributed by atoms with Crippen LogP contribution in [0.5, 0.6) is 0 Å². The van der Waals surface area contributed by atoms with Crippen molar-refractivity contribution in [3.63, 3.8) is 0 Å². The maximum absolute atomic E-state index is 13.8. The number of sulfonamides is 2. The van der Waals surface area contributed by atoms with E-state index in [2.05, 4.69) is 0 Å². The Bertz CT molecular complexity index is 1450. The fourth-order valence-electron chi connectivity index (χ4n) is 4.70. The summed E-state index contributed by atoms with van der Waals surface area (Å²) in [4.78, 5) is 28.7. The first-order chi connectivity index (χ1) is 17.2. The molecule has 0 aliphatic carbocycles. The van der Waals surface area contributed by atoms with Gasteiger partial charge >= 0.3 is 0 Å². The number of piperazine rings is 1. The second-order valence-corrected chi connectivity index (χ2v) is 13.5. The van der Waals surface area contributed by atoms with Gasteiger partial charge in [0, 0.05) is 30.5 Å². The molecule has 2 N–H and O–H groups in total. The molecule has 2 heterocycles. The molecule has 4 rings (SSSR count). The van der Waals surface area contributed by atoms with E-state index in [-0.39, 0.29) is 53.7 Å². The van der Waals surface area contributed by atoms with Crippen LogP contribution in [0.4, 0.5) is 0 Å². The van der Waals surface area contributed by atoms with Crippen LogP contribution < -0.4 is 5.14 Å². The van der Waals surface area contributed by atoms with Crippen LogP contribution in [0, 0.1) is 0 Å². The van der Waals surface area contributed by atoms with Crippen molar-refractivity contribution in [1.29, 1.82) is 0 Å². The van der Waals surface area contributed by atoms with Crippen LogP contribution in [0.15, 0.2) is 52.3 Å². The van der Waals surface area contributed by atoms with Gasteiger partial charge in [-0.25, -0.2) is 22.0 Å². The number of amides is 2. The average Bonchev–Trinajstić information content (AvgIpc) is 2.81. The Kier molecular flexibility index (Phi) is 7.63. The predicted molar refractivity (Wildman–Crippen MR) is 138 cm³/mol. The van der Waals surface area contributed by atoms with E-state index in [4.69, 9.17) is 28.3 Å². The molecule has 37 heavy (non-hydrogen) atoms. The SMILES string of the molecule is CC(C)N1CC2N(C(=O)CCN2S(=O)(=O)c2ccc(Cl)c(S(N)(=O)=O)c2)C(Cc2ccc(Cl)cc2)C1=O. The van der Waals surface area contributed by atoms with Crippen LogP contribution in [0.2, 0.25) is 10.0 Å². The first kappa shape index (κ1) is 27.8. The third-order valence-electron chi connectivity index (χ3n) is 6.53. The minimum Gasteiger partial charge on any atom is -0.335 e. The van der Waals surface area contributed by atoms with E-state index in [0.717, 1.165) is 22.0 Å². The fraction of sp³-hybridized carbons (Fsp3) is 0.391. The molecule has 2 aromatic rings. The van der Waals surface area contributed by atoms with Gasteiger partial charge in [0.15, 0.2) is 0 Å². The minimum atomic E-state index is -4.32. The summed E-state index contributed by atoms with van der Waals surface area (Å²) in [6.45, 7) is 3.46. The molecule has 10 nitrogen and oxygen atoms in total. The molecule has 0 spiro atoms. The summed E-state index contributed by atoms with van der Waals surface area (Å²) in [5.74, 6) is -0.620. The van der Waals surface area contributed by atoms with Crippen LogP contribution in [-0.4, -0.2) is 74.1 Å². The van der Waals surface area contributed by atoms with E-state index in [9.17, 15) is 26.4 Å². The highest BCUT2D eigenvalue weighted by Gasteiger charge is 2.51. The fourth-order valence-corrected chi connectivity index (χ4v) is 7.57. The minimum absolute atomic E-state index is 0.0335. The Morgan fingerprint density at radius 3 is 2.27 bits per heavy atom. The maximum atomic E-state index is 13.8. The number of hydrogen-bond donors (Lipinski definition) is 1. The van der Waals surface area contributed by atoms with Crippen molar-refractivity contribution in [2.24, 2.45) is 5.14 Å². The first-order valence-corrected chi connectivity index (χ1v) is 15.2. The van der Waals surface area contributed by atoms with Gasteiger partial charge in [0.2, 0.25) is 31.9 Å². The number of hydrogen-bond acceptors (Lipinski definition) is 6. The van der Waals surface area contributed by atoms with Gasteiger partial charge in [0.05, 0.1) is 16.5 Å². The van der Waals surface area contributed by atoms with Crippen molar-refractivity contribution in [1.82, 2.24) is 14.1 Å². The van der Waals surface area contributed by atoms with Crippen molar-refractivity contribution in [2.45, 2.75) is 54.7 Å². The summed E-state index contributed by atoms with van der Waals surface area (Å²) < 4.78 is 52.6. The smallest absolute Gasteiger partial charge is 0.246 e. The Morgan fingerprint density at radius 2 is 1.68 bits per heavy atom. The van der Waals surface area contributed by atoms with Gasteiger partial charge in [-0.15, -0.1) is 0 Å². The maximum Gasteiger partial charge on any atom is 0.246 e. The van der Waals surface area contributed by atoms with Crippen molar-refractivity contribution >= 4 is 55.1 Å². The van der Waals surface area contributed by atoms with E-state index in [1.807, 2.05) is 13.8 Å². The topological polar surface area (TPSA) is 138 Å². The van der Waals surface area contributed by atoms with Gasteiger partial charge in [-0.2, -0.15) is 4.31 Å². The van der Waals surface area contributed by atoms with Crippen LogP contribution in [0.1, 0.15) is 25.8 Å². The van der Waals surface area contributed by atoms with Gasteiger partial charge in [-0.05, 0) is 49.7 Å². The molecule has 2 amide bonds. The zero-order valence-corrected chi connectivity index (χ0v) is 23.2. The van der Waals surface area contributed by atoms with Crippen molar-refractivity contribution in [3.05, 3.63) is 58.1 Å². The normalized spacial score (nSPS) is 21.5. The molecular formula is C23H26Cl2N4O6S2. The molecule has 14 heteroatoms. The summed E-state index contributed by atoms with van der Waals surface area (Å²) in [5, 5.41) is 5.52. The van der Waals surface area contributed by atoms with E-state index in [0.29, 0.717) is 5.02 Å². The number of fused-ring (bicyclic) bond motifs is 1. The van der Waals surface area contributed by atoms with Gasteiger partial charge in [0.1, 0.15) is 17.1 Å². The third-order valence-corrected chi connectivity index (χ3v) is 10.1. The summed E-state index contributed by atoms with van der Waals surface area (Å²) >= 11 is 11.9. The molecule has 0 radical (unpaired) electrons. The summed E-state index contributed by atoms with van der Waals surface area (Å²) in [6.07, 6.45) is -0.958. The zero-order valence-electron chi connectivity index (χ0n) is 20.0. The number of carbonyl (C=O) groups excluding carboxylic acids is 2. The van der Waals surface area contributed by atoms with E-state index in [1.165, 1.54) is 11.0 Å². The van der Waals surface area contributed by atoms with Crippen LogP contribution in [0.3, 0.4) is 0 Å². The molecule has 2 aromatic carbocycles. The van der Waals surface area contributed by atoms with Gasteiger partial charge in [0.25, 0.3) is 0 Å². The highest BCUT2D eigenvalue weighted by Crippen LogP contribution is 2.33. The highest BCUT2D eigenvalue weighted by atomic mass is 35.5. The van der Waals surface area contributed by atoms with E-state index in [1.54, 1.807) is 29.2 Å². The van der Waals surface area contributed by atoms with Crippen LogP contribution in [0.25, 0.3) is 0 Å². The Morgan fingerprint density at radius 1 is 1.03 bits per heavy atom. The number of nitrogens with zero attached hydrogens (tertiary/aromatic N) is 3. The lowest BCUT2D eigenvalue weighted by molar-refractivity contribution is -0.166. The predicted octanol–water partition coefficient (Wildman–Crippen LogP) is 2.05. The van der Waals surface area contributed by atoms with Crippen molar-refractivity contribution in [2.75, 3.05) is 13.1 Å². The highest BCUT2D eigenvalue weighted by molar-refractivity contribution is 7.90. The molecule has 2 unspecified atom stereocenters. The largest absolute Gasteiger partial charge is 0.335 e. The Balaban J connectivity index is 1.78. The summed E-state index contributed by atoms with van der Waals surface area (Å²) in [7, 11) is -8.61. The Labute approximate surface area is 226 Å². The lowest BCUT2D eigenvalue weighted by Crippen LogP contribution is -2.72. The van der Waals surface area contributed by atoms with Crippen molar-refractivity contribution in [3.8, 4) is 0 Å². The Hall–Kier alpha value is -2.22. The molecule has 0 saturated carbocycles.